The third kappa shape index (κ3) is 5.52. The molecule has 3 aromatic carbocycles. The zero-order valence-corrected chi connectivity index (χ0v) is 23.6. The van der Waals surface area contributed by atoms with Crippen molar-refractivity contribution in [1.29, 1.82) is 5.26 Å². The first-order chi connectivity index (χ1) is 19.9. The SMILES string of the molecule is Cc1c(-c2cccc(C(F)(F)F)c2)c(=O)c(C(=O)NCc2ccc(S(C)=O)cc2)cn1C1(c2ccc(C#N)cc2)CC1. The predicted octanol–water partition coefficient (Wildman–Crippen LogP) is 5.92. The van der Waals surface area contributed by atoms with E-state index in [4.69, 9.17) is 0 Å². The Morgan fingerprint density at radius 1 is 1.07 bits per heavy atom. The van der Waals surface area contributed by atoms with E-state index >= 15 is 0 Å². The molecule has 5 rings (SSSR count). The molecule has 1 amide bonds. The first-order valence-electron chi connectivity index (χ1n) is 13.1. The maximum atomic E-state index is 13.8. The molecule has 0 spiro atoms. The van der Waals surface area contributed by atoms with Crippen LogP contribution in [-0.2, 0) is 29.1 Å². The summed E-state index contributed by atoms with van der Waals surface area (Å²) in [4.78, 5) is 27.9. The highest BCUT2D eigenvalue weighted by molar-refractivity contribution is 7.84. The largest absolute Gasteiger partial charge is 0.416 e. The van der Waals surface area contributed by atoms with Crippen LogP contribution < -0.4 is 10.7 Å². The lowest BCUT2D eigenvalue weighted by Gasteiger charge is -2.26. The van der Waals surface area contributed by atoms with Crippen molar-refractivity contribution in [2.75, 3.05) is 6.26 Å². The van der Waals surface area contributed by atoms with E-state index in [2.05, 4.69) is 11.4 Å². The Labute approximate surface area is 242 Å². The molecule has 0 saturated heterocycles. The highest BCUT2D eigenvalue weighted by atomic mass is 32.2. The predicted molar refractivity (Wildman–Crippen MR) is 153 cm³/mol. The summed E-state index contributed by atoms with van der Waals surface area (Å²) in [5, 5.41) is 12.0. The summed E-state index contributed by atoms with van der Waals surface area (Å²) >= 11 is 0. The molecule has 0 aliphatic heterocycles. The summed E-state index contributed by atoms with van der Waals surface area (Å²) in [5.74, 6) is -0.666. The van der Waals surface area contributed by atoms with Gasteiger partial charge in [0, 0.05) is 45.9 Å². The van der Waals surface area contributed by atoms with E-state index in [-0.39, 0.29) is 23.2 Å². The van der Waals surface area contributed by atoms with Gasteiger partial charge in [0.05, 0.1) is 22.7 Å². The lowest BCUT2D eigenvalue weighted by atomic mass is 9.96. The smallest absolute Gasteiger partial charge is 0.348 e. The number of nitriles is 1. The molecule has 1 saturated carbocycles. The van der Waals surface area contributed by atoms with Gasteiger partial charge in [0.15, 0.2) is 0 Å². The molecule has 1 fully saturated rings. The van der Waals surface area contributed by atoms with Crippen LogP contribution in [0.5, 0.6) is 0 Å². The lowest BCUT2D eigenvalue weighted by molar-refractivity contribution is -0.137. The number of carbonyl (C=O) groups is 1. The number of amides is 1. The van der Waals surface area contributed by atoms with E-state index in [9.17, 15) is 32.2 Å². The van der Waals surface area contributed by atoms with Gasteiger partial charge in [-0.1, -0.05) is 36.4 Å². The second kappa shape index (κ2) is 11.1. The fourth-order valence-electron chi connectivity index (χ4n) is 5.22. The van der Waals surface area contributed by atoms with Crippen LogP contribution in [0.2, 0.25) is 0 Å². The van der Waals surface area contributed by atoms with Crippen LogP contribution in [0.1, 0.15) is 51.1 Å². The molecule has 214 valence electrons. The van der Waals surface area contributed by atoms with E-state index in [1.54, 1.807) is 49.6 Å². The number of nitrogens with zero attached hydrogens (tertiary/aromatic N) is 2. The molecule has 1 atom stereocenters. The van der Waals surface area contributed by atoms with E-state index in [0.29, 0.717) is 29.0 Å². The Kier molecular flexibility index (Phi) is 7.64. The lowest BCUT2D eigenvalue weighted by Crippen LogP contribution is -2.33. The fraction of sp³-hybridized carbons (Fsp3) is 0.219. The zero-order chi connectivity index (χ0) is 30.2. The van der Waals surface area contributed by atoms with Gasteiger partial charge in [-0.25, -0.2) is 0 Å². The van der Waals surface area contributed by atoms with Gasteiger partial charge in [-0.15, -0.1) is 0 Å². The summed E-state index contributed by atoms with van der Waals surface area (Å²) in [6.45, 7) is 1.75. The standard InChI is InChI=1S/C32H26F3N3O3S/c1-20-28(23-4-3-5-25(16-23)32(33,34)35)29(39)27(30(40)37-18-22-8-12-26(13-9-22)42(2)41)19-38(20)31(14-15-31)24-10-6-21(17-36)7-11-24/h3-13,16,19H,14-15,18H2,1-2H3,(H,37,40). The van der Waals surface area contributed by atoms with Crippen LogP contribution in [0, 0.1) is 18.3 Å². The second-order valence-corrected chi connectivity index (χ2v) is 11.7. The van der Waals surface area contributed by atoms with Crippen LogP contribution in [0.15, 0.2) is 88.7 Å². The number of hydrogen-bond donors (Lipinski definition) is 1. The summed E-state index contributed by atoms with van der Waals surface area (Å²) in [5.41, 5.74) is 0.190. The molecule has 1 aliphatic carbocycles. The Balaban J connectivity index is 1.61. The van der Waals surface area contributed by atoms with Crippen LogP contribution in [0.25, 0.3) is 11.1 Å². The number of halogens is 3. The van der Waals surface area contributed by atoms with Crippen molar-refractivity contribution in [2.24, 2.45) is 0 Å². The molecular weight excluding hydrogens is 563 g/mol. The van der Waals surface area contributed by atoms with Gasteiger partial charge in [-0.3, -0.25) is 13.8 Å². The molecule has 1 aliphatic rings. The van der Waals surface area contributed by atoms with Crippen molar-refractivity contribution in [2.45, 2.75) is 42.9 Å². The molecule has 1 aromatic heterocycles. The normalized spacial score (nSPS) is 14.6. The highest BCUT2D eigenvalue weighted by Crippen LogP contribution is 2.50. The molecule has 10 heteroatoms. The van der Waals surface area contributed by atoms with Gasteiger partial charge in [-0.05, 0) is 72.9 Å². The van der Waals surface area contributed by atoms with Gasteiger partial charge < -0.3 is 9.88 Å². The van der Waals surface area contributed by atoms with Gasteiger partial charge in [0.1, 0.15) is 5.56 Å². The Bertz CT molecular complexity index is 1800. The third-order valence-electron chi connectivity index (χ3n) is 7.62. The Morgan fingerprint density at radius 2 is 1.74 bits per heavy atom. The van der Waals surface area contributed by atoms with Crippen molar-refractivity contribution in [3.8, 4) is 17.2 Å². The van der Waals surface area contributed by atoms with E-state index in [0.717, 1.165) is 23.3 Å². The van der Waals surface area contributed by atoms with E-state index in [1.807, 2.05) is 16.7 Å². The highest BCUT2D eigenvalue weighted by Gasteiger charge is 2.47. The number of hydrogen-bond acceptors (Lipinski definition) is 4. The molecule has 6 nitrogen and oxygen atoms in total. The maximum Gasteiger partial charge on any atom is 0.416 e. The van der Waals surface area contributed by atoms with Gasteiger partial charge >= 0.3 is 6.18 Å². The second-order valence-electron chi connectivity index (χ2n) is 10.3. The van der Waals surface area contributed by atoms with Crippen LogP contribution >= 0.6 is 0 Å². The average Bonchev–Trinajstić information content (AvgIpc) is 3.78. The number of rotatable bonds is 7. The molecule has 1 N–H and O–H groups in total. The van der Waals surface area contributed by atoms with Gasteiger partial charge in [0.25, 0.3) is 5.91 Å². The molecular formula is C32H26F3N3O3S. The molecule has 1 heterocycles. The Morgan fingerprint density at radius 3 is 2.31 bits per heavy atom. The topological polar surface area (TPSA) is 92.0 Å². The van der Waals surface area contributed by atoms with Crippen LogP contribution in [-0.4, -0.2) is 20.9 Å². The summed E-state index contributed by atoms with van der Waals surface area (Å²) in [7, 11) is -1.15. The third-order valence-corrected chi connectivity index (χ3v) is 8.56. The zero-order valence-electron chi connectivity index (χ0n) is 22.8. The van der Waals surface area contributed by atoms with Crippen molar-refractivity contribution in [3.05, 3.63) is 123 Å². The van der Waals surface area contributed by atoms with Crippen LogP contribution in [0.4, 0.5) is 13.2 Å². The summed E-state index contributed by atoms with van der Waals surface area (Å²) in [6.07, 6.45) is -0.212. The summed E-state index contributed by atoms with van der Waals surface area (Å²) < 4.78 is 54.3. The number of carbonyl (C=O) groups excluding carboxylic acids is 1. The van der Waals surface area contributed by atoms with Gasteiger partial charge in [-0.2, -0.15) is 18.4 Å². The number of aromatic nitrogens is 1. The monoisotopic (exact) mass is 589 g/mol. The van der Waals surface area contributed by atoms with Gasteiger partial charge in [0.2, 0.25) is 5.43 Å². The molecule has 4 aromatic rings. The molecule has 0 bridgehead atoms. The van der Waals surface area contributed by atoms with Crippen molar-refractivity contribution < 1.29 is 22.2 Å². The summed E-state index contributed by atoms with van der Waals surface area (Å²) in [6, 6.07) is 20.5. The molecule has 0 radical (unpaired) electrons. The van der Waals surface area contributed by atoms with Crippen LogP contribution in [0.3, 0.4) is 0 Å². The minimum atomic E-state index is -4.61. The average molecular weight is 590 g/mol. The minimum Gasteiger partial charge on any atom is -0.348 e. The van der Waals surface area contributed by atoms with E-state index in [1.165, 1.54) is 18.3 Å². The first kappa shape index (κ1) is 29.0. The minimum absolute atomic E-state index is 0.0171. The fourth-order valence-corrected chi connectivity index (χ4v) is 5.74. The number of nitrogens with one attached hydrogen (secondary N) is 1. The molecule has 42 heavy (non-hydrogen) atoms. The number of pyridine rings is 1. The van der Waals surface area contributed by atoms with Crippen molar-refractivity contribution in [3.63, 3.8) is 0 Å². The quantitative estimate of drug-likeness (QED) is 0.290. The van der Waals surface area contributed by atoms with Crippen molar-refractivity contribution >= 4 is 16.7 Å². The maximum absolute atomic E-state index is 13.8. The van der Waals surface area contributed by atoms with Crippen molar-refractivity contribution in [1.82, 2.24) is 9.88 Å². The Hall–Kier alpha value is -4.49. The first-order valence-corrected chi connectivity index (χ1v) is 14.7. The number of alkyl halides is 3. The number of benzene rings is 3. The molecule has 1 unspecified atom stereocenters. The van der Waals surface area contributed by atoms with E-state index < -0.39 is 39.4 Å².